The molecule has 5 nitrogen and oxygen atoms in total. The summed E-state index contributed by atoms with van der Waals surface area (Å²) in [6.45, 7) is 8.12. The minimum absolute atomic E-state index is 0.000719. The van der Waals surface area contributed by atoms with Crippen molar-refractivity contribution in [2.24, 2.45) is 23.2 Å². The number of fused-ring (bicyclic) bond motifs is 2. The van der Waals surface area contributed by atoms with Gasteiger partial charge in [0.1, 0.15) is 11.3 Å². The molecule has 0 aromatic carbocycles. The number of ether oxygens (including phenoxy) is 2. The van der Waals surface area contributed by atoms with E-state index in [9.17, 15) is 9.59 Å². The predicted molar refractivity (Wildman–Crippen MR) is 100 cm³/mol. The Morgan fingerprint density at radius 2 is 2.33 bits per heavy atom. The lowest BCUT2D eigenvalue weighted by atomic mass is 9.79. The second-order valence-electron chi connectivity index (χ2n) is 8.37. The van der Waals surface area contributed by atoms with E-state index < -0.39 is 5.97 Å². The topological polar surface area (TPSA) is 65.5 Å². The Morgan fingerprint density at radius 3 is 3.07 bits per heavy atom. The molecule has 6 heteroatoms. The Bertz CT molecular complexity index is 809. The summed E-state index contributed by atoms with van der Waals surface area (Å²) in [5.41, 5.74) is 1.16. The Kier molecular flexibility index (Phi) is 4.53. The van der Waals surface area contributed by atoms with Crippen LogP contribution in [-0.2, 0) is 14.3 Å². The standard InChI is InChI=1S/C21H24ClNO4/c1-11(26-20(25)13-5-4-8-23-18(13)22)6-7-15-16-9-14-12(2)19(24)27-17(14)10-21(15,16)3/h4-5,8,11,14-17H,2,6-7,9-10H2,1,3H3/t11?,14-,15?,16+,17-,21-/m1/s1. The number of carbonyl (C=O) groups excluding carboxylic acids is 2. The largest absolute Gasteiger partial charge is 0.459 e. The summed E-state index contributed by atoms with van der Waals surface area (Å²) in [6, 6.07) is 3.29. The van der Waals surface area contributed by atoms with Gasteiger partial charge < -0.3 is 9.47 Å². The molecule has 4 rings (SSSR count). The van der Waals surface area contributed by atoms with Crippen molar-refractivity contribution in [1.82, 2.24) is 4.98 Å². The van der Waals surface area contributed by atoms with E-state index in [0.29, 0.717) is 23.0 Å². The van der Waals surface area contributed by atoms with Gasteiger partial charge in [0.25, 0.3) is 0 Å². The van der Waals surface area contributed by atoms with Gasteiger partial charge in [-0.15, -0.1) is 0 Å². The third-order valence-corrected chi connectivity index (χ3v) is 7.11. The van der Waals surface area contributed by atoms with Crippen molar-refractivity contribution in [1.29, 1.82) is 0 Å². The quantitative estimate of drug-likeness (QED) is 0.429. The first-order valence-corrected chi connectivity index (χ1v) is 9.90. The van der Waals surface area contributed by atoms with Gasteiger partial charge >= 0.3 is 11.9 Å². The highest BCUT2D eigenvalue weighted by Crippen LogP contribution is 2.70. The Labute approximate surface area is 164 Å². The van der Waals surface area contributed by atoms with Gasteiger partial charge in [0.05, 0.1) is 11.7 Å². The number of hydrogen-bond donors (Lipinski definition) is 0. The molecule has 2 aliphatic carbocycles. The maximum absolute atomic E-state index is 12.2. The SMILES string of the molecule is C=C1C(=O)O[C@@H]2C[C@]3(C)C(CCC(C)OC(=O)c4cccnc4Cl)[C@@H]3C[C@H]12. The molecule has 0 amide bonds. The van der Waals surface area contributed by atoms with E-state index >= 15 is 0 Å². The minimum Gasteiger partial charge on any atom is -0.459 e. The monoisotopic (exact) mass is 389 g/mol. The summed E-state index contributed by atoms with van der Waals surface area (Å²) in [6.07, 6.45) is 5.05. The van der Waals surface area contributed by atoms with Crippen LogP contribution in [0, 0.1) is 23.2 Å². The van der Waals surface area contributed by atoms with E-state index in [1.807, 2.05) is 6.92 Å². The molecule has 1 saturated heterocycles. The highest BCUT2D eigenvalue weighted by Gasteiger charge is 2.66. The van der Waals surface area contributed by atoms with Crippen LogP contribution in [0.2, 0.25) is 5.15 Å². The zero-order valence-electron chi connectivity index (χ0n) is 15.6. The molecule has 0 bridgehead atoms. The van der Waals surface area contributed by atoms with Crippen molar-refractivity contribution in [3.05, 3.63) is 41.2 Å². The highest BCUT2D eigenvalue weighted by atomic mass is 35.5. The van der Waals surface area contributed by atoms with Crippen LogP contribution in [0.5, 0.6) is 0 Å². The second kappa shape index (κ2) is 6.62. The molecule has 144 valence electrons. The van der Waals surface area contributed by atoms with Crippen molar-refractivity contribution in [3.63, 3.8) is 0 Å². The fourth-order valence-corrected chi connectivity index (χ4v) is 5.34. The van der Waals surface area contributed by atoms with Crippen LogP contribution < -0.4 is 0 Å². The lowest BCUT2D eigenvalue weighted by Gasteiger charge is -2.27. The van der Waals surface area contributed by atoms with Crippen LogP contribution in [0.3, 0.4) is 0 Å². The number of aromatic nitrogens is 1. The number of pyridine rings is 1. The number of halogens is 1. The molecule has 2 unspecified atom stereocenters. The van der Waals surface area contributed by atoms with Crippen molar-refractivity contribution in [2.45, 2.75) is 51.7 Å². The maximum Gasteiger partial charge on any atom is 0.341 e. The van der Waals surface area contributed by atoms with Crippen LogP contribution >= 0.6 is 11.6 Å². The van der Waals surface area contributed by atoms with Crippen LogP contribution in [0.1, 0.15) is 49.9 Å². The Morgan fingerprint density at radius 1 is 1.56 bits per heavy atom. The number of rotatable bonds is 5. The molecule has 1 aliphatic heterocycles. The predicted octanol–water partition coefficient (Wildman–Crippen LogP) is 4.20. The molecule has 1 aromatic rings. The van der Waals surface area contributed by atoms with Gasteiger partial charge in [0.15, 0.2) is 0 Å². The van der Waals surface area contributed by atoms with Crippen molar-refractivity contribution >= 4 is 23.5 Å². The molecular formula is C21H24ClNO4. The van der Waals surface area contributed by atoms with Gasteiger partial charge in [-0.1, -0.05) is 25.1 Å². The molecule has 27 heavy (non-hydrogen) atoms. The average Bonchev–Trinajstić information content (AvgIpc) is 3.10. The minimum atomic E-state index is -0.433. The lowest BCUT2D eigenvalue weighted by molar-refractivity contribution is -0.140. The number of esters is 2. The van der Waals surface area contributed by atoms with Gasteiger partial charge in [0.2, 0.25) is 0 Å². The third-order valence-electron chi connectivity index (χ3n) is 6.81. The molecule has 0 radical (unpaired) electrons. The van der Waals surface area contributed by atoms with E-state index in [2.05, 4.69) is 18.5 Å². The first kappa shape index (κ1) is 18.5. The normalized spacial score (nSPS) is 35.1. The van der Waals surface area contributed by atoms with E-state index in [1.54, 1.807) is 18.3 Å². The van der Waals surface area contributed by atoms with Crippen LogP contribution in [-0.4, -0.2) is 29.1 Å². The fourth-order valence-electron chi connectivity index (χ4n) is 5.15. The Hall–Kier alpha value is -1.88. The Balaban J connectivity index is 1.30. The van der Waals surface area contributed by atoms with Crippen LogP contribution in [0.4, 0.5) is 0 Å². The van der Waals surface area contributed by atoms with Gasteiger partial charge in [0, 0.05) is 17.7 Å². The first-order valence-electron chi connectivity index (χ1n) is 9.52. The number of nitrogens with zero attached hydrogens (tertiary/aromatic N) is 1. The maximum atomic E-state index is 12.2. The summed E-state index contributed by atoms with van der Waals surface area (Å²) in [4.78, 5) is 27.9. The molecule has 2 heterocycles. The third kappa shape index (κ3) is 3.16. The molecule has 3 aliphatic rings. The van der Waals surface area contributed by atoms with E-state index in [1.165, 1.54) is 0 Å². The first-order chi connectivity index (χ1) is 12.8. The molecule has 3 fully saturated rings. The summed E-state index contributed by atoms with van der Waals surface area (Å²) in [5, 5.41) is 0.164. The van der Waals surface area contributed by atoms with Gasteiger partial charge in [-0.05, 0) is 62.0 Å². The molecule has 1 aromatic heterocycles. The molecule has 6 atom stereocenters. The molecular weight excluding hydrogens is 366 g/mol. The second-order valence-corrected chi connectivity index (χ2v) is 8.73. The van der Waals surface area contributed by atoms with E-state index in [0.717, 1.165) is 25.7 Å². The van der Waals surface area contributed by atoms with Crippen LogP contribution in [0.15, 0.2) is 30.5 Å². The van der Waals surface area contributed by atoms with E-state index in [-0.39, 0.29) is 34.7 Å². The lowest BCUT2D eigenvalue weighted by Crippen LogP contribution is -2.26. The summed E-state index contributed by atoms with van der Waals surface area (Å²) >= 11 is 5.95. The summed E-state index contributed by atoms with van der Waals surface area (Å²) in [5.74, 6) is 0.709. The van der Waals surface area contributed by atoms with Crippen molar-refractivity contribution in [3.8, 4) is 0 Å². The summed E-state index contributed by atoms with van der Waals surface area (Å²) < 4.78 is 11.0. The summed E-state index contributed by atoms with van der Waals surface area (Å²) in [7, 11) is 0. The van der Waals surface area contributed by atoms with Gasteiger partial charge in [-0.25, -0.2) is 14.6 Å². The number of carbonyl (C=O) groups is 2. The smallest absolute Gasteiger partial charge is 0.341 e. The van der Waals surface area contributed by atoms with Crippen molar-refractivity contribution < 1.29 is 19.1 Å². The van der Waals surface area contributed by atoms with E-state index in [4.69, 9.17) is 21.1 Å². The molecule has 0 spiro atoms. The highest BCUT2D eigenvalue weighted by molar-refractivity contribution is 6.32. The van der Waals surface area contributed by atoms with Gasteiger partial charge in [-0.3, -0.25) is 0 Å². The number of hydrogen-bond acceptors (Lipinski definition) is 5. The van der Waals surface area contributed by atoms with Gasteiger partial charge in [-0.2, -0.15) is 0 Å². The van der Waals surface area contributed by atoms with Crippen molar-refractivity contribution in [2.75, 3.05) is 0 Å². The average molecular weight is 390 g/mol. The molecule has 2 saturated carbocycles. The fraction of sp³-hybridized carbons (Fsp3) is 0.571. The zero-order valence-corrected chi connectivity index (χ0v) is 16.4. The molecule has 0 N–H and O–H groups in total. The zero-order chi connectivity index (χ0) is 19.3. The van der Waals surface area contributed by atoms with Crippen LogP contribution in [0.25, 0.3) is 0 Å².